The molecule has 0 heterocycles. The van der Waals surface area contributed by atoms with Gasteiger partial charge in [0.05, 0.1) is 22.0 Å². The number of benzene rings is 2. The first-order valence-electron chi connectivity index (χ1n) is 6.93. The molecule has 0 saturated carbocycles. The quantitative estimate of drug-likeness (QED) is 0.598. The molecule has 0 saturated heterocycles. The van der Waals surface area contributed by atoms with Crippen LogP contribution in [0.1, 0.15) is 10.4 Å². The maximum Gasteiger partial charge on any atom is 0.250 e. The van der Waals surface area contributed by atoms with E-state index >= 15 is 0 Å². The van der Waals surface area contributed by atoms with Gasteiger partial charge in [0.2, 0.25) is 10.0 Å². The van der Waals surface area contributed by atoms with E-state index in [4.69, 9.17) is 17.3 Å². The molecule has 0 aliphatic heterocycles. The highest BCUT2D eigenvalue weighted by Crippen LogP contribution is 2.34. The number of primary amides is 1. The monoisotopic (exact) mass is 515 g/mol. The molecule has 3 N–H and O–H groups in total. The van der Waals surface area contributed by atoms with E-state index in [2.05, 4.69) is 5.32 Å². The fraction of sp³-hybridized carbons (Fsp3) is 0.133. The molecule has 0 spiro atoms. The Kier molecular flexibility index (Phi) is 6.10. The summed E-state index contributed by atoms with van der Waals surface area (Å²) < 4.78 is 54.8. The molecule has 140 valence electrons. The molecule has 0 aromatic heterocycles. The summed E-state index contributed by atoms with van der Waals surface area (Å²) in [5, 5.41) is 2.70. The first-order chi connectivity index (χ1) is 12.0. The number of amides is 1. The van der Waals surface area contributed by atoms with Crippen LogP contribution in [0.4, 0.5) is 20.2 Å². The van der Waals surface area contributed by atoms with Gasteiger partial charge in [-0.15, -0.1) is 0 Å². The van der Waals surface area contributed by atoms with Crippen molar-refractivity contribution >= 4 is 61.5 Å². The third kappa shape index (κ3) is 3.92. The van der Waals surface area contributed by atoms with Crippen LogP contribution in [0.2, 0.25) is 5.02 Å². The molecule has 1 amide bonds. The first kappa shape index (κ1) is 20.8. The lowest BCUT2D eigenvalue weighted by atomic mass is 10.1. The first-order valence-corrected chi connectivity index (χ1v) is 9.83. The molecule has 0 radical (unpaired) electrons. The minimum atomic E-state index is -4.33. The lowest BCUT2D eigenvalue weighted by Crippen LogP contribution is -2.25. The van der Waals surface area contributed by atoms with E-state index in [1.807, 2.05) is 22.6 Å². The molecule has 26 heavy (non-hydrogen) atoms. The predicted octanol–water partition coefficient (Wildman–Crippen LogP) is 3.32. The standard InChI is InChI=1S/C15H13ClF2IN3O3S/c1-22(2)26(24,25)11-6-8(15(20)23)14(13(18)12(11)17)21-10-4-3-7(19)5-9(10)16/h3-6,21H,1-2H3,(H2,20,23). The predicted molar refractivity (Wildman–Crippen MR) is 103 cm³/mol. The molecule has 0 atom stereocenters. The van der Waals surface area contributed by atoms with Gasteiger partial charge in [0.15, 0.2) is 11.6 Å². The van der Waals surface area contributed by atoms with E-state index in [0.29, 0.717) is 10.4 Å². The second-order valence-electron chi connectivity index (χ2n) is 5.33. The van der Waals surface area contributed by atoms with Gasteiger partial charge in [-0.3, -0.25) is 4.79 Å². The number of carbonyl (C=O) groups excluding carboxylic acids is 1. The van der Waals surface area contributed by atoms with Crippen LogP contribution in [-0.2, 0) is 10.0 Å². The normalized spacial score (nSPS) is 11.7. The highest BCUT2D eigenvalue weighted by atomic mass is 127. The molecule has 0 unspecified atom stereocenters. The van der Waals surface area contributed by atoms with Crippen molar-refractivity contribution in [3.05, 3.63) is 50.1 Å². The summed E-state index contributed by atoms with van der Waals surface area (Å²) >= 11 is 8.06. The average molecular weight is 516 g/mol. The molecule has 11 heteroatoms. The van der Waals surface area contributed by atoms with Crippen LogP contribution >= 0.6 is 34.2 Å². The van der Waals surface area contributed by atoms with Crippen LogP contribution < -0.4 is 11.1 Å². The van der Waals surface area contributed by atoms with E-state index in [0.717, 1.165) is 17.7 Å². The summed E-state index contributed by atoms with van der Waals surface area (Å²) in [7, 11) is -2.04. The summed E-state index contributed by atoms with van der Waals surface area (Å²) in [5.41, 5.74) is 4.29. The number of hydrogen-bond acceptors (Lipinski definition) is 4. The van der Waals surface area contributed by atoms with Crippen LogP contribution in [0.25, 0.3) is 0 Å². The molecule has 2 aromatic rings. The summed E-state index contributed by atoms with van der Waals surface area (Å²) in [6.45, 7) is 0. The zero-order chi connectivity index (χ0) is 19.8. The van der Waals surface area contributed by atoms with Crippen molar-refractivity contribution in [1.29, 1.82) is 0 Å². The Morgan fingerprint density at radius 2 is 1.85 bits per heavy atom. The third-order valence-corrected chi connectivity index (χ3v) is 6.19. The summed E-state index contributed by atoms with van der Waals surface area (Å²) in [6.07, 6.45) is 0. The number of hydrogen-bond donors (Lipinski definition) is 2. The SMILES string of the molecule is CN(C)S(=O)(=O)c1cc(C(N)=O)c(Nc2ccc(I)cc2Cl)c(F)c1F. The molecule has 2 rings (SSSR count). The Morgan fingerprint density at radius 1 is 1.23 bits per heavy atom. The topological polar surface area (TPSA) is 92.5 Å². The smallest absolute Gasteiger partial charge is 0.250 e. The van der Waals surface area contributed by atoms with Gasteiger partial charge < -0.3 is 11.1 Å². The fourth-order valence-electron chi connectivity index (χ4n) is 2.03. The van der Waals surface area contributed by atoms with Gasteiger partial charge in [0.25, 0.3) is 5.91 Å². The van der Waals surface area contributed by atoms with Crippen molar-refractivity contribution in [2.45, 2.75) is 4.90 Å². The Labute approximate surface area is 167 Å². The Morgan fingerprint density at radius 3 is 2.35 bits per heavy atom. The van der Waals surface area contributed by atoms with Crippen LogP contribution in [0, 0.1) is 15.2 Å². The number of sulfonamides is 1. The lowest BCUT2D eigenvalue weighted by molar-refractivity contribution is 0.100. The van der Waals surface area contributed by atoms with E-state index in [1.54, 1.807) is 12.1 Å². The summed E-state index contributed by atoms with van der Waals surface area (Å²) in [6, 6.07) is 5.40. The zero-order valence-electron chi connectivity index (χ0n) is 13.5. The molecule has 0 aliphatic carbocycles. The minimum Gasteiger partial charge on any atom is -0.366 e. The highest BCUT2D eigenvalue weighted by molar-refractivity contribution is 14.1. The summed E-state index contributed by atoms with van der Waals surface area (Å²) in [5.74, 6) is -4.33. The molecule has 0 aliphatic rings. The van der Waals surface area contributed by atoms with E-state index in [-0.39, 0.29) is 10.7 Å². The van der Waals surface area contributed by atoms with Crippen LogP contribution in [0.5, 0.6) is 0 Å². The third-order valence-electron chi connectivity index (χ3n) is 3.39. The summed E-state index contributed by atoms with van der Waals surface area (Å²) in [4.78, 5) is 10.7. The molecule has 2 aromatic carbocycles. The molecule has 0 bridgehead atoms. The second-order valence-corrected chi connectivity index (χ2v) is 9.10. The van der Waals surface area contributed by atoms with E-state index in [9.17, 15) is 22.0 Å². The Bertz CT molecular complexity index is 1000. The zero-order valence-corrected chi connectivity index (χ0v) is 17.2. The number of rotatable bonds is 5. The number of nitrogens with one attached hydrogen (secondary N) is 1. The van der Waals surface area contributed by atoms with E-state index in [1.165, 1.54) is 6.07 Å². The van der Waals surface area contributed by atoms with Crippen LogP contribution in [0.15, 0.2) is 29.2 Å². The second kappa shape index (κ2) is 7.62. The van der Waals surface area contributed by atoms with Gasteiger partial charge in [0.1, 0.15) is 4.90 Å². The molecular weight excluding hydrogens is 503 g/mol. The maximum absolute atomic E-state index is 14.6. The Balaban J connectivity index is 2.71. The average Bonchev–Trinajstić information content (AvgIpc) is 2.53. The number of halogens is 4. The highest BCUT2D eigenvalue weighted by Gasteiger charge is 2.30. The van der Waals surface area contributed by atoms with Gasteiger partial charge in [-0.05, 0) is 46.9 Å². The van der Waals surface area contributed by atoms with Crippen LogP contribution in [0.3, 0.4) is 0 Å². The van der Waals surface area contributed by atoms with Crippen molar-refractivity contribution < 1.29 is 22.0 Å². The molecule has 6 nitrogen and oxygen atoms in total. The van der Waals surface area contributed by atoms with Gasteiger partial charge in [-0.25, -0.2) is 21.5 Å². The van der Waals surface area contributed by atoms with Crippen molar-refractivity contribution in [1.82, 2.24) is 4.31 Å². The maximum atomic E-state index is 14.6. The van der Waals surface area contributed by atoms with Crippen molar-refractivity contribution in [2.24, 2.45) is 5.73 Å². The van der Waals surface area contributed by atoms with Crippen molar-refractivity contribution in [3.63, 3.8) is 0 Å². The fourth-order valence-corrected chi connectivity index (χ4v) is 3.91. The number of nitrogens with two attached hydrogens (primary N) is 1. The van der Waals surface area contributed by atoms with Gasteiger partial charge >= 0.3 is 0 Å². The van der Waals surface area contributed by atoms with Gasteiger partial charge in [0, 0.05) is 17.7 Å². The number of nitrogens with zero attached hydrogens (tertiary/aromatic N) is 1. The molecular formula is C15H13ClF2IN3O3S. The van der Waals surface area contributed by atoms with Gasteiger partial charge in [-0.1, -0.05) is 11.6 Å². The lowest BCUT2D eigenvalue weighted by Gasteiger charge is -2.17. The van der Waals surface area contributed by atoms with Crippen LogP contribution in [-0.4, -0.2) is 32.7 Å². The van der Waals surface area contributed by atoms with Crippen molar-refractivity contribution in [3.8, 4) is 0 Å². The molecule has 0 fully saturated rings. The van der Waals surface area contributed by atoms with Gasteiger partial charge in [-0.2, -0.15) is 0 Å². The van der Waals surface area contributed by atoms with Crippen molar-refractivity contribution in [2.75, 3.05) is 19.4 Å². The largest absolute Gasteiger partial charge is 0.366 e. The number of anilines is 2. The van der Waals surface area contributed by atoms with E-state index < -0.39 is 43.7 Å². The minimum absolute atomic E-state index is 0.191. The number of carbonyl (C=O) groups is 1. The Hall–Kier alpha value is -1.50.